The molecule has 0 aromatic rings. The number of hydrogen-bond donors (Lipinski definition) is 1. The third kappa shape index (κ3) is 3.92. The maximum absolute atomic E-state index is 6.07. The van der Waals surface area contributed by atoms with Crippen molar-refractivity contribution in [2.45, 2.75) is 44.6 Å². The highest BCUT2D eigenvalue weighted by atomic mass is 16.5. The molecule has 76 valence electrons. The summed E-state index contributed by atoms with van der Waals surface area (Å²) >= 11 is 0. The predicted octanol–water partition coefficient (Wildman–Crippen LogP) is 2.24. The summed E-state index contributed by atoms with van der Waals surface area (Å²) in [4.78, 5) is 0. The minimum atomic E-state index is 0.287. The van der Waals surface area contributed by atoms with E-state index in [1.54, 1.807) is 7.11 Å². The average molecular weight is 183 g/mol. The lowest BCUT2D eigenvalue weighted by Gasteiger charge is -2.19. The van der Waals surface area contributed by atoms with Gasteiger partial charge in [-0.25, -0.2) is 0 Å². The van der Waals surface area contributed by atoms with Crippen LogP contribution < -0.4 is 5.73 Å². The molecule has 2 heteroatoms. The molecule has 0 aromatic heterocycles. The number of ether oxygens (including phenoxy) is 1. The summed E-state index contributed by atoms with van der Waals surface area (Å²) in [6.45, 7) is 0.834. The van der Waals surface area contributed by atoms with Crippen LogP contribution in [-0.4, -0.2) is 19.8 Å². The molecule has 0 radical (unpaired) electrons. The van der Waals surface area contributed by atoms with Gasteiger partial charge in [-0.05, 0) is 38.5 Å². The van der Waals surface area contributed by atoms with Crippen molar-refractivity contribution in [3.8, 4) is 0 Å². The highest BCUT2D eigenvalue weighted by Gasteiger charge is 2.11. The van der Waals surface area contributed by atoms with Gasteiger partial charge in [0, 0.05) is 19.8 Å². The van der Waals surface area contributed by atoms with E-state index in [1.165, 1.54) is 31.3 Å². The largest absolute Gasteiger partial charge is 0.385 e. The van der Waals surface area contributed by atoms with Gasteiger partial charge in [0.2, 0.25) is 0 Å². The Morgan fingerprint density at radius 1 is 1.54 bits per heavy atom. The quantitative estimate of drug-likeness (QED) is 0.524. The Balaban J connectivity index is 2.21. The van der Waals surface area contributed by atoms with Gasteiger partial charge in [0.05, 0.1) is 0 Å². The van der Waals surface area contributed by atoms with Crippen LogP contribution in [0.5, 0.6) is 0 Å². The standard InChI is InChI=1S/C11H21NO/c1-13-9-5-8-11(12)10-6-3-2-4-7-10/h6,11H,2-5,7-9,12H2,1H3. The summed E-state index contributed by atoms with van der Waals surface area (Å²) in [6.07, 6.45) is 9.59. The van der Waals surface area contributed by atoms with Crippen molar-refractivity contribution in [2.24, 2.45) is 5.73 Å². The third-order valence-electron chi connectivity index (χ3n) is 2.67. The van der Waals surface area contributed by atoms with Crippen molar-refractivity contribution in [2.75, 3.05) is 13.7 Å². The Hall–Kier alpha value is -0.340. The molecule has 1 aliphatic rings. The van der Waals surface area contributed by atoms with Gasteiger partial charge in [-0.2, -0.15) is 0 Å². The molecular weight excluding hydrogens is 162 g/mol. The van der Waals surface area contributed by atoms with Crippen LogP contribution in [0.1, 0.15) is 38.5 Å². The first kappa shape index (κ1) is 10.7. The molecule has 2 N–H and O–H groups in total. The normalized spacial score (nSPS) is 19.7. The minimum Gasteiger partial charge on any atom is -0.385 e. The molecule has 0 amide bonds. The van der Waals surface area contributed by atoms with Crippen LogP contribution in [0.15, 0.2) is 11.6 Å². The monoisotopic (exact) mass is 183 g/mol. The Bertz CT molecular complexity index is 165. The van der Waals surface area contributed by atoms with Crippen molar-refractivity contribution < 1.29 is 4.74 Å². The van der Waals surface area contributed by atoms with E-state index in [0.717, 1.165) is 19.4 Å². The zero-order valence-corrected chi connectivity index (χ0v) is 8.59. The molecule has 1 rings (SSSR count). The van der Waals surface area contributed by atoms with Gasteiger partial charge >= 0.3 is 0 Å². The van der Waals surface area contributed by atoms with Gasteiger partial charge in [-0.3, -0.25) is 0 Å². The maximum Gasteiger partial charge on any atom is 0.0462 e. The fraction of sp³-hybridized carbons (Fsp3) is 0.818. The van der Waals surface area contributed by atoms with Gasteiger partial charge < -0.3 is 10.5 Å². The Labute approximate surface area is 81.1 Å². The zero-order valence-electron chi connectivity index (χ0n) is 8.59. The number of hydrogen-bond acceptors (Lipinski definition) is 2. The van der Waals surface area contributed by atoms with Crippen LogP contribution in [0.4, 0.5) is 0 Å². The predicted molar refractivity (Wildman–Crippen MR) is 55.6 cm³/mol. The molecule has 0 aromatic carbocycles. The van der Waals surface area contributed by atoms with Crippen molar-refractivity contribution in [3.05, 3.63) is 11.6 Å². The molecule has 0 spiro atoms. The summed E-state index contributed by atoms with van der Waals surface area (Å²) in [6, 6.07) is 0.287. The van der Waals surface area contributed by atoms with Gasteiger partial charge in [0.15, 0.2) is 0 Å². The zero-order chi connectivity index (χ0) is 9.52. The molecule has 1 atom stereocenters. The Morgan fingerprint density at radius 3 is 3.00 bits per heavy atom. The highest BCUT2D eigenvalue weighted by Crippen LogP contribution is 2.21. The van der Waals surface area contributed by atoms with E-state index < -0.39 is 0 Å². The lowest BCUT2D eigenvalue weighted by atomic mass is 9.92. The van der Waals surface area contributed by atoms with E-state index in [4.69, 9.17) is 10.5 Å². The van der Waals surface area contributed by atoms with Gasteiger partial charge in [-0.15, -0.1) is 0 Å². The SMILES string of the molecule is COCCCC(N)C1=CCCCC1. The van der Waals surface area contributed by atoms with E-state index >= 15 is 0 Å². The third-order valence-corrected chi connectivity index (χ3v) is 2.67. The van der Waals surface area contributed by atoms with Crippen LogP contribution in [0.2, 0.25) is 0 Å². The average Bonchev–Trinajstić information content (AvgIpc) is 2.19. The second kappa shape index (κ2) is 6.17. The first-order valence-corrected chi connectivity index (χ1v) is 5.28. The maximum atomic E-state index is 6.07. The number of allylic oxidation sites excluding steroid dienone is 1. The first-order chi connectivity index (χ1) is 6.34. The number of nitrogens with two attached hydrogens (primary N) is 1. The van der Waals surface area contributed by atoms with Gasteiger partial charge in [0.25, 0.3) is 0 Å². The molecule has 13 heavy (non-hydrogen) atoms. The van der Waals surface area contributed by atoms with Crippen molar-refractivity contribution in [1.29, 1.82) is 0 Å². The second-order valence-corrected chi connectivity index (χ2v) is 3.77. The van der Waals surface area contributed by atoms with Crippen LogP contribution >= 0.6 is 0 Å². The van der Waals surface area contributed by atoms with Crippen LogP contribution in [0, 0.1) is 0 Å². The van der Waals surface area contributed by atoms with E-state index in [-0.39, 0.29) is 6.04 Å². The molecule has 0 bridgehead atoms. The topological polar surface area (TPSA) is 35.2 Å². The van der Waals surface area contributed by atoms with E-state index in [9.17, 15) is 0 Å². The lowest BCUT2D eigenvalue weighted by Crippen LogP contribution is -2.24. The molecular formula is C11H21NO. The lowest BCUT2D eigenvalue weighted by molar-refractivity contribution is 0.191. The summed E-state index contributed by atoms with van der Waals surface area (Å²) in [5, 5.41) is 0. The van der Waals surface area contributed by atoms with Crippen molar-refractivity contribution >= 4 is 0 Å². The Kier molecular flexibility index (Phi) is 5.09. The molecule has 0 saturated carbocycles. The summed E-state index contributed by atoms with van der Waals surface area (Å²) < 4.78 is 5.00. The van der Waals surface area contributed by atoms with Crippen LogP contribution in [0.25, 0.3) is 0 Å². The smallest absolute Gasteiger partial charge is 0.0462 e. The molecule has 0 heterocycles. The van der Waals surface area contributed by atoms with Gasteiger partial charge in [-0.1, -0.05) is 11.6 Å². The number of methoxy groups -OCH3 is 1. The summed E-state index contributed by atoms with van der Waals surface area (Å²) in [7, 11) is 1.74. The van der Waals surface area contributed by atoms with Crippen molar-refractivity contribution in [3.63, 3.8) is 0 Å². The van der Waals surface area contributed by atoms with E-state index in [1.807, 2.05) is 0 Å². The van der Waals surface area contributed by atoms with E-state index in [0.29, 0.717) is 0 Å². The van der Waals surface area contributed by atoms with Crippen LogP contribution in [-0.2, 0) is 4.74 Å². The fourth-order valence-electron chi connectivity index (χ4n) is 1.83. The molecule has 1 aliphatic carbocycles. The minimum absolute atomic E-state index is 0.287. The first-order valence-electron chi connectivity index (χ1n) is 5.28. The number of rotatable bonds is 5. The fourth-order valence-corrected chi connectivity index (χ4v) is 1.83. The summed E-state index contributed by atoms with van der Waals surface area (Å²) in [5.74, 6) is 0. The second-order valence-electron chi connectivity index (χ2n) is 3.77. The highest BCUT2D eigenvalue weighted by molar-refractivity contribution is 5.11. The van der Waals surface area contributed by atoms with Gasteiger partial charge in [0.1, 0.15) is 0 Å². The van der Waals surface area contributed by atoms with Crippen molar-refractivity contribution in [1.82, 2.24) is 0 Å². The molecule has 1 unspecified atom stereocenters. The van der Waals surface area contributed by atoms with Crippen LogP contribution in [0.3, 0.4) is 0 Å². The summed E-state index contributed by atoms with van der Waals surface area (Å²) in [5.41, 5.74) is 7.54. The molecule has 0 saturated heterocycles. The molecule has 2 nitrogen and oxygen atoms in total. The Morgan fingerprint density at radius 2 is 2.38 bits per heavy atom. The molecule has 0 fully saturated rings. The molecule has 0 aliphatic heterocycles. The van der Waals surface area contributed by atoms with E-state index in [2.05, 4.69) is 6.08 Å².